The molecule has 0 saturated carbocycles. The predicted molar refractivity (Wildman–Crippen MR) is 82.5 cm³/mol. The van der Waals surface area contributed by atoms with E-state index in [2.05, 4.69) is 59.9 Å². The summed E-state index contributed by atoms with van der Waals surface area (Å²) < 4.78 is 0. The normalized spacial score (nSPS) is 11.6. The van der Waals surface area contributed by atoms with Gasteiger partial charge < -0.3 is 9.97 Å². The molecule has 2 aromatic heterocycles. The van der Waals surface area contributed by atoms with Crippen molar-refractivity contribution in [2.75, 3.05) is 0 Å². The van der Waals surface area contributed by atoms with E-state index >= 15 is 0 Å². The van der Waals surface area contributed by atoms with E-state index < -0.39 is 0 Å². The van der Waals surface area contributed by atoms with Gasteiger partial charge in [0.15, 0.2) is 0 Å². The standard InChI is InChI=1S/C17H14N2/c1-3-13-10(2)11-8-9-15-16(17(11)19-13)12-6-4-5-7-14(12)18-15/h3-9,18-19H,1H2,2H3. The molecule has 19 heavy (non-hydrogen) atoms. The Hall–Kier alpha value is -2.48. The molecule has 0 spiro atoms. The van der Waals surface area contributed by atoms with E-state index in [0.29, 0.717) is 0 Å². The van der Waals surface area contributed by atoms with Crippen molar-refractivity contribution < 1.29 is 0 Å². The molecule has 0 radical (unpaired) electrons. The van der Waals surface area contributed by atoms with Crippen molar-refractivity contribution in [1.29, 1.82) is 0 Å². The summed E-state index contributed by atoms with van der Waals surface area (Å²) in [5.74, 6) is 0. The lowest BCUT2D eigenvalue weighted by Crippen LogP contribution is -1.72. The van der Waals surface area contributed by atoms with Crippen molar-refractivity contribution in [1.82, 2.24) is 9.97 Å². The van der Waals surface area contributed by atoms with Crippen LogP contribution >= 0.6 is 0 Å². The second-order valence-corrected chi connectivity index (χ2v) is 4.95. The number of aromatic nitrogens is 2. The van der Waals surface area contributed by atoms with Gasteiger partial charge in [-0.05, 0) is 30.7 Å². The molecule has 0 atom stereocenters. The largest absolute Gasteiger partial charge is 0.354 e. The molecule has 0 aliphatic heterocycles. The Kier molecular flexibility index (Phi) is 1.93. The average molecular weight is 246 g/mol. The summed E-state index contributed by atoms with van der Waals surface area (Å²) in [5, 5.41) is 3.80. The third kappa shape index (κ3) is 1.26. The number of para-hydroxylation sites is 1. The van der Waals surface area contributed by atoms with Gasteiger partial charge in [0.2, 0.25) is 0 Å². The molecule has 4 rings (SSSR count). The number of H-pyrrole nitrogens is 2. The fourth-order valence-electron chi connectivity index (χ4n) is 2.96. The van der Waals surface area contributed by atoms with Crippen LogP contribution in [0.4, 0.5) is 0 Å². The minimum absolute atomic E-state index is 1.10. The second kappa shape index (κ2) is 3.51. The Morgan fingerprint density at radius 1 is 0.947 bits per heavy atom. The molecule has 0 saturated heterocycles. The summed E-state index contributed by atoms with van der Waals surface area (Å²) in [7, 11) is 0. The lowest BCUT2D eigenvalue weighted by molar-refractivity contribution is 1.39. The Balaban J connectivity index is 2.32. The average Bonchev–Trinajstić information content (AvgIpc) is 2.96. The van der Waals surface area contributed by atoms with Crippen LogP contribution in [0.3, 0.4) is 0 Å². The smallest absolute Gasteiger partial charge is 0.0562 e. The topological polar surface area (TPSA) is 31.6 Å². The van der Waals surface area contributed by atoms with Gasteiger partial charge >= 0.3 is 0 Å². The van der Waals surface area contributed by atoms with Crippen molar-refractivity contribution >= 4 is 38.8 Å². The highest BCUT2D eigenvalue weighted by atomic mass is 14.7. The summed E-state index contributed by atoms with van der Waals surface area (Å²) in [4.78, 5) is 6.97. The van der Waals surface area contributed by atoms with Gasteiger partial charge in [-0.2, -0.15) is 0 Å². The summed E-state index contributed by atoms with van der Waals surface area (Å²) in [6, 6.07) is 12.8. The van der Waals surface area contributed by atoms with Crippen LogP contribution in [0.5, 0.6) is 0 Å². The van der Waals surface area contributed by atoms with Gasteiger partial charge in [-0.25, -0.2) is 0 Å². The molecule has 4 aromatic rings. The van der Waals surface area contributed by atoms with Crippen LogP contribution in [-0.2, 0) is 0 Å². The molecule has 2 heteroatoms. The van der Waals surface area contributed by atoms with Crippen molar-refractivity contribution in [2.24, 2.45) is 0 Å². The molecule has 2 aromatic carbocycles. The van der Waals surface area contributed by atoms with Crippen LogP contribution in [0.25, 0.3) is 38.8 Å². The monoisotopic (exact) mass is 246 g/mol. The van der Waals surface area contributed by atoms with Crippen LogP contribution < -0.4 is 0 Å². The first-order valence-electron chi connectivity index (χ1n) is 6.43. The molecular formula is C17H14N2. The number of hydrogen-bond donors (Lipinski definition) is 2. The molecule has 2 heterocycles. The van der Waals surface area contributed by atoms with Crippen LogP contribution in [0.2, 0.25) is 0 Å². The summed E-state index contributed by atoms with van der Waals surface area (Å²) in [6.07, 6.45) is 1.88. The highest BCUT2D eigenvalue weighted by Crippen LogP contribution is 2.34. The van der Waals surface area contributed by atoms with Crippen LogP contribution in [0.15, 0.2) is 43.0 Å². The SMILES string of the molecule is C=Cc1[nH]c2c(ccc3[nH]c4ccccc4c32)c1C. The summed E-state index contributed by atoms with van der Waals surface area (Å²) in [6.45, 7) is 6.01. The van der Waals surface area contributed by atoms with Crippen LogP contribution in [0.1, 0.15) is 11.3 Å². The summed E-state index contributed by atoms with van der Waals surface area (Å²) >= 11 is 0. The first-order valence-corrected chi connectivity index (χ1v) is 6.43. The third-order valence-corrected chi connectivity index (χ3v) is 3.94. The highest BCUT2D eigenvalue weighted by molar-refractivity contribution is 6.19. The van der Waals surface area contributed by atoms with Gasteiger partial charge in [0.25, 0.3) is 0 Å². The van der Waals surface area contributed by atoms with E-state index in [9.17, 15) is 0 Å². The van der Waals surface area contributed by atoms with Gasteiger partial charge in [0.1, 0.15) is 0 Å². The van der Waals surface area contributed by atoms with Crippen molar-refractivity contribution in [3.63, 3.8) is 0 Å². The number of aryl methyl sites for hydroxylation is 1. The quantitative estimate of drug-likeness (QED) is 0.485. The molecule has 2 N–H and O–H groups in total. The third-order valence-electron chi connectivity index (χ3n) is 3.94. The zero-order valence-electron chi connectivity index (χ0n) is 10.7. The number of aromatic amines is 2. The van der Waals surface area contributed by atoms with Crippen molar-refractivity contribution in [2.45, 2.75) is 6.92 Å². The van der Waals surface area contributed by atoms with Crippen molar-refractivity contribution in [3.8, 4) is 0 Å². The first kappa shape index (κ1) is 10.4. The second-order valence-electron chi connectivity index (χ2n) is 4.95. The maximum atomic E-state index is 3.88. The number of benzene rings is 2. The van der Waals surface area contributed by atoms with Crippen LogP contribution in [-0.4, -0.2) is 9.97 Å². The molecule has 0 amide bonds. The highest BCUT2D eigenvalue weighted by Gasteiger charge is 2.12. The molecule has 0 aliphatic rings. The van der Waals surface area contributed by atoms with E-state index in [4.69, 9.17) is 0 Å². The van der Waals surface area contributed by atoms with E-state index in [0.717, 1.165) is 5.69 Å². The maximum absolute atomic E-state index is 3.88. The maximum Gasteiger partial charge on any atom is 0.0562 e. The predicted octanol–water partition coefficient (Wildman–Crippen LogP) is 4.75. The lowest BCUT2D eigenvalue weighted by Gasteiger charge is -1.95. The van der Waals surface area contributed by atoms with Crippen molar-refractivity contribution in [3.05, 3.63) is 54.2 Å². The number of hydrogen-bond acceptors (Lipinski definition) is 0. The van der Waals surface area contributed by atoms with Gasteiger partial charge in [0.05, 0.1) is 5.52 Å². The van der Waals surface area contributed by atoms with E-state index in [-0.39, 0.29) is 0 Å². The Morgan fingerprint density at radius 2 is 1.79 bits per heavy atom. The molecule has 0 bridgehead atoms. The van der Waals surface area contributed by atoms with E-state index in [1.807, 2.05) is 6.08 Å². The lowest BCUT2D eigenvalue weighted by atomic mass is 10.1. The van der Waals surface area contributed by atoms with E-state index in [1.165, 1.54) is 38.3 Å². The Morgan fingerprint density at radius 3 is 2.63 bits per heavy atom. The fraction of sp³-hybridized carbons (Fsp3) is 0.0588. The van der Waals surface area contributed by atoms with E-state index in [1.54, 1.807) is 0 Å². The Labute approximate surface area is 110 Å². The molecule has 92 valence electrons. The summed E-state index contributed by atoms with van der Waals surface area (Å²) in [5.41, 5.74) is 5.91. The zero-order valence-corrected chi connectivity index (χ0v) is 10.7. The molecular weight excluding hydrogens is 232 g/mol. The minimum Gasteiger partial charge on any atom is -0.354 e. The van der Waals surface area contributed by atoms with Gasteiger partial charge in [0, 0.05) is 32.9 Å². The van der Waals surface area contributed by atoms with Gasteiger partial charge in [-0.1, -0.05) is 30.8 Å². The molecule has 0 fully saturated rings. The van der Waals surface area contributed by atoms with Gasteiger partial charge in [-0.3, -0.25) is 0 Å². The molecule has 2 nitrogen and oxygen atoms in total. The number of fused-ring (bicyclic) bond motifs is 5. The number of rotatable bonds is 1. The number of nitrogens with one attached hydrogen (secondary N) is 2. The minimum atomic E-state index is 1.10. The fourth-order valence-corrected chi connectivity index (χ4v) is 2.96. The van der Waals surface area contributed by atoms with Gasteiger partial charge in [-0.15, -0.1) is 0 Å². The van der Waals surface area contributed by atoms with Crippen LogP contribution in [0, 0.1) is 6.92 Å². The zero-order chi connectivity index (χ0) is 13.0. The molecule has 0 unspecified atom stereocenters. The Bertz CT molecular complexity index is 938. The molecule has 0 aliphatic carbocycles. The first-order chi connectivity index (χ1) is 9.29.